The summed E-state index contributed by atoms with van der Waals surface area (Å²) >= 11 is 0. The van der Waals surface area contributed by atoms with E-state index >= 15 is 0 Å². The van der Waals surface area contributed by atoms with Crippen molar-refractivity contribution in [2.24, 2.45) is 5.92 Å². The third kappa shape index (κ3) is 5.48. The molecule has 0 N–H and O–H groups in total. The molecule has 0 atom stereocenters. The van der Waals surface area contributed by atoms with Crippen molar-refractivity contribution >= 4 is 15.9 Å². The molecule has 1 fully saturated rings. The standard InChI is InChI=1S/C26H34N2O3S/c1-5-14-27(15-11-23-9-7-6-8-10-23)26(29)24-12-16-28(17-13-24)32(30,31)25-21(3)18-20(2)19-22(25)4/h5-10,18-19,24H,1,11-17H2,2-4H3. The van der Waals surface area contributed by atoms with Crippen molar-refractivity contribution in [2.45, 2.75) is 44.9 Å². The SMILES string of the molecule is C=CCN(CCc1ccccc1)C(=O)C1CCN(S(=O)(=O)c2c(C)cc(C)cc2C)CC1. The molecule has 1 aliphatic rings. The van der Waals surface area contributed by atoms with E-state index in [9.17, 15) is 13.2 Å². The predicted molar refractivity (Wildman–Crippen MR) is 129 cm³/mol. The number of piperidine rings is 1. The first-order chi connectivity index (χ1) is 15.2. The van der Waals surface area contributed by atoms with Crippen molar-refractivity contribution < 1.29 is 13.2 Å². The topological polar surface area (TPSA) is 57.7 Å². The van der Waals surface area contributed by atoms with Gasteiger partial charge in [-0.3, -0.25) is 4.79 Å². The average Bonchev–Trinajstić information content (AvgIpc) is 2.76. The molecule has 0 aliphatic carbocycles. The maximum atomic E-state index is 13.3. The van der Waals surface area contributed by atoms with Crippen LogP contribution in [0.2, 0.25) is 0 Å². The Kier molecular flexibility index (Phi) is 7.91. The first-order valence-corrected chi connectivity index (χ1v) is 12.7. The zero-order chi connectivity index (χ0) is 23.3. The highest BCUT2D eigenvalue weighted by molar-refractivity contribution is 7.89. The van der Waals surface area contributed by atoms with Gasteiger partial charge in [-0.2, -0.15) is 4.31 Å². The van der Waals surface area contributed by atoms with Crippen LogP contribution < -0.4 is 0 Å². The smallest absolute Gasteiger partial charge is 0.243 e. The van der Waals surface area contributed by atoms with E-state index in [1.54, 1.807) is 10.4 Å². The van der Waals surface area contributed by atoms with Gasteiger partial charge < -0.3 is 4.90 Å². The van der Waals surface area contributed by atoms with Crippen LogP contribution in [-0.2, 0) is 21.2 Å². The van der Waals surface area contributed by atoms with Crippen LogP contribution in [0.4, 0.5) is 0 Å². The van der Waals surface area contributed by atoms with Crippen LogP contribution in [0.3, 0.4) is 0 Å². The molecule has 0 aromatic heterocycles. The van der Waals surface area contributed by atoms with Crippen molar-refractivity contribution in [1.82, 2.24) is 9.21 Å². The molecule has 3 rings (SSSR count). The highest BCUT2D eigenvalue weighted by Gasteiger charge is 2.34. The summed E-state index contributed by atoms with van der Waals surface area (Å²) in [6.07, 6.45) is 3.63. The fraction of sp³-hybridized carbons (Fsp3) is 0.423. The third-order valence-corrected chi connectivity index (χ3v) is 8.38. The quantitative estimate of drug-likeness (QED) is 0.560. The molecule has 0 unspecified atom stereocenters. The Hall–Kier alpha value is -2.44. The Bertz CT molecular complexity index is 1030. The zero-order valence-corrected chi connectivity index (χ0v) is 20.2. The summed E-state index contributed by atoms with van der Waals surface area (Å²) in [5, 5.41) is 0. The molecule has 0 saturated carbocycles. The van der Waals surface area contributed by atoms with E-state index in [0.29, 0.717) is 43.9 Å². The molecule has 1 saturated heterocycles. The van der Waals surface area contributed by atoms with Gasteiger partial charge >= 0.3 is 0 Å². The molecule has 6 heteroatoms. The molecular formula is C26H34N2O3S. The van der Waals surface area contributed by atoms with Gasteiger partial charge in [-0.25, -0.2) is 8.42 Å². The van der Waals surface area contributed by atoms with Gasteiger partial charge in [0.05, 0.1) is 4.90 Å². The second-order valence-electron chi connectivity index (χ2n) is 8.71. The van der Waals surface area contributed by atoms with Crippen LogP contribution in [0.15, 0.2) is 60.0 Å². The molecule has 172 valence electrons. The molecule has 1 heterocycles. The van der Waals surface area contributed by atoms with Crippen LogP contribution in [0.1, 0.15) is 35.1 Å². The van der Waals surface area contributed by atoms with Crippen LogP contribution >= 0.6 is 0 Å². The first kappa shape index (κ1) is 24.2. The van der Waals surface area contributed by atoms with Gasteiger partial charge in [0, 0.05) is 32.1 Å². The molecule has 0 bridgehead atoms. The van der Waals surface area contributed by atoms with Crippen LogP contribution in [0.25, 0.3) is 0 Å². The molecule has 0 spiro atoms. The fourth-order valence-corrected chi connectivity index (χ4v) is 6.54. The number of carbonyl (C=O) groups is 1. The number of sulfonamides is 1. The normalized spacial score (nSPS) is 15.5. The van der Waals surface area contributed by atoms with Gasteiger partial charge in [0.2, 0.25) is 15.9 Å². The number of hydrogen-bond acceptors (Lipinski definition) is 3. The largest absolute Gasteiger partial charge is 0.338 e. The zero-order valence-electron chi connectivity index (χ0n) is 19.4. The van der Waals surface area contributed by atoms with Gasteiger partial charge in [-0.15, -0.1) is 6.58 Å². The lowest BCUT2D eigenvalue weighted by molar-refractivity contribution is -0.136. The second kappa shape index (κ2) is 10.5. The van der Waals surface area contributed by atoms with Crippen LogP contribution in [0.5, 0.6) is 0 Å². The molecule has 0 radical (unpaired) electrons. The molecule has 1 amide bonds. The van der Waals surface area contributed by atoms with Crippen LogP contribution in [0, 0.1) is 26.7 Å². The summed E-state index contributed by atoms with van der Waals surface area (Å²) in [6, 6.07) is 13.9. The molecule has 5 nitrogen and oxygen atoms in total. The van der Waals surface area contributed by atoms with E-state index < -0.39 is 10.0 Å². The van der Waals surface area contributed by atoms with E-state index in [0.717, 1.165) is 23.1 Å². The number of rotatable bonds is 8. The summed E-state index contributed by atoms with van der Waals surface area (Å²) in [5.74, 6) is -0.0574. The van der Waals surface area contributed by atoms with Gasteiger partial charge in [-0.05, 0) is 56.7 Å². The lowest BCUT2D eigenvalue weighted by atomic mass is 9.96. The Balaban J connectivity index is 1.66. The van der Waals surface area contributed by atoms with Crippen molar-refractivity contribution in [1.29, 1.82) is 0 Å². The summed E-state index contributed by atoms with van der Waals surface area (Å²) in [7, 11) is -3.57. The fourth-order valence-electron chi connectivity index (χ4n) is 4.66. The highest BCUT2D eigenvalue weighted by Crippen LogP contribution is 2.29. The maximum Gasteiger partial charge on any atom is 0.243 e. The van der Waals surface area contributed by atoms with E-state index in [-0.39, 0.29) is 11.8 Å². The summed E-state index contributed by atoms with van der Waals surface area (Å²) in [4.78, 5) is 15.4. The van der Waals surface area contributed by atoms with Crippen molar-refractivity contribution in [3.05, 3.63) is 77.4 Å². The Labute approximate surface area is 192 Å². The molecule has 32 heavy (non-hydrogen) atoms. The number of aryl methyl sites for hydroxylation is 3. The maximum absolute atomic E-state index is 13.3. The van der Waals surface area contributed by atoms with Crippen LogP contribution in [-0.4, -0.2) is 49.7 Å². The third-order valence-electron chi connectivity index (χ3n) is 6.18. The van der Waals surface area contributed by atoms with Gasteiger partial charge in [-0.1, -0.05) is 54.1 Å². The number of amides is 1. The van der Waals surface area contributed by atoms with Gasteiger partial charge in [0.15, 0.2) is 0 Å². The lowest BCUT2D eigenvalue weighted by Gasteiger charge is -2.34. The minimum Gasteiger partial charge on any atom is -0.338 e. The number of carbonyl (C=O) groups excluding carboxylic acids is 1. The van der Waals surface area contributed by atoms with Crippen molar-refractivity contribution in [3.63, 3.8) is 0 Å². The highest BCUT2D eigenvalue weighted by atomic mass is 32.2. The summed E-state index contributed by atoms with van der Waals surface area (Å²) < 4.78 is 28.2. The van der Waals surface area contributed by atoms with Crippen molar-refractivity contribution in [3.8, 4) is 0 Å². The first-order valence-electron chi connectivity index (χ1n) is 11.3. The van der Waals surface area contributed by atoms with E-state index in [1.165, 1.54) is 5.56 Å². The molecule has 2 aromatic carbocycles. The van der Waals surface area contributed by atoms with Gasteiger partial charge in [0.1, 0.15) is 0 Å². The van der Waals surface area contributed by atoms with E-state index in [2.05, 4.69) is 18.7 Å². The van der Waals surface area contributed by atoms with Crippen molar-refractivity contribution in [2.75, 3.05) is 26.2 Å². The average molecular weight is 455 g/mol. The predicted octanol–water partition coefficient (Wildman–Crippen LogP) is 4.27. The molecular weight excluding hydrogens is 420 g/mol. The molecule has 2 aromatic rings. The minimum atomic E-state index is -3.57. The summed E-state index contributed by atoms with van der Waals surface area (Å²) in [5.41, 5.74) is 3.80. The van der Waals surface area contributed by atoms with E-state index in [1.807, 2.05) is 56.0 Å². The number of benzene rings is 2. The Morgan fingerprint density at radius 3 is 2.25 bits per heavy atom. The minimum absolute atomic E-state index is 0.0978. The Morgan fingerprint density at radius 2 is 1.69 bits per heavy atom. The lowest BCUT2D eigenvalue weighted by Crippen LogP contribution is -2.45. The second-order valence-corrected chi connectivity index (χ2v) is 10.6. The number of nitrogens with zero attached hydrogens (tertiary/aromatic N) is 2. The molecule has 1 aliphatic heterocycles. The van der Waals surface area contributed by atoms with Gasteiger partial charge in [0.25, 0.3) is 0 Å². The summed E-state index contributed by atoms with van der Waals surface area (Å²) in [6.45, 7) is 11.3. The monoisotopic (exact) mass is 454 g/mol. The number of hydrogen-bond donors (Lipinski definition) is 0. The Morgan fingerprint density at radius 1 is 1.09 bits per heavy atom. The van der Waals surface area contributed by atoms with E-state index in [4.69, 9.17) is 0 Å².